The molecule has 0 aliphatic carbocycles. The van der Waals surface area contributed by atoms with Gasteiger partial charge in [-0.1, -0.05) is 13.0 Å². The number of aromatic nitrogens is 2. The van der Waals surface area contributed by atoms with Gasteiger partial charge in [-0.05, 0) is 36.2 Å². The van der Waals surface area contributed by atoms with Crippen LogP contribution in [0.25, 0.3) is 22.3 Å². The van der Waals surface area contributed by atoms with Crippen molar-refractivity contribution in [3.63, 3.8) is 0 Å². The maximum Gasteiger partial charge on any atom is 0.313 e. The first-order valence-electron chi connectivity index (χ1n) is 8.70. The predicted molar refractivity (Wildman–Crippen MR) is 97.8 cm³/mol. The number of rotatable bonds is 1. The number of carbonyl (C=O) groups is 1. The first-order valence-corrected chi connectivity index (χ1v) is 8.70. The molecule has 0 radical (unpaired) electrons. The Hall–Kier alpha value is -3.15. The second-order valence-corrected chi connectivity index (χ2v) is 6.83. The monoisotopic (exact) mass is 347 g/mol. The van der Waals surface area contributed by atoms with Crippen LogP contribution in [-0.4, -0.2) is 15.5 Å². The molecule has 0 saturated heterocycles. The molecule has 3 aromatic rings. The van der Waals surface area contributed by atoms with Gasteiger partial charge in [0.1, 0.15) is 6.61 Å². The second kappa shape index (κ2) is 5.17. The summed E-state index contributed by atoms with van der Waals surface area (Å²) in [6.07, 6.45) is 0.600. The lowest BCUT2D eigenvalue weighted by Crippen LogP contribution is -2.32. The van der Waals surface area contributed by atoms with E-state index in [1.807, 2.05) is 37.3 Å². The zero-order valence-corrected chi connectivity index (χ0v) is 14.3. The van der Waals surface area contributed by atoms with E-state index in [2.05, 4.69) is 0 Å². The molecule has 6 heteroatoms. The Morgan fingerprint density at radius 3 is 2.96 bits per heavy atom. The number of esters is 1. The molecule has 2 N–H and O–H groups in total. The Morgan fingerprint density at radius 2 is 2.15 bits per heavy atom. The van der Waals surface area contributed by atoms with Gasteiger partial charge in [0.2, 0.25) is 0 Å². The minimum atomic E-state index is -0.391. The quantitative estimate of drug-likeness (QED) is 0.422. The summed E-state index contributed by atoms with van der Waals surface area (Å²) in [6.45, 7) is 2.43. The molecule has 1 aromatic carbocycles. The summed E-state index contributed by atoms with van der Waals surface area (Å²) >= 11 is 0. The molecule has 4 heterocycles. The molecule has 6 nitrogen and oxygen atoms in total. The van der Waals surface area contributed by atoms with Crippen molar-refractivity contribution >= 4 is 22.6 Å². The van der Waals surface area contributed by atoms with E-state index in [0.717, 1.165) is 33.4 Å². The molecule has 0 saturated carbocycles. The summed E-state index contributed by atoms with van der Waals surface area (Å²) in [6, 6.07) is 9.59. The lowest BCUT2D eigenvalue weighted by atomic mass is 9.90. The highest BCUT2D eigenvalue weighted by molar-refractivity contribution is 5.93. The van der Waals surface area contributed by atoms with Gasteiger partial charge in [-0.3, -0.25) is 9.59 Å². The van der Waals surface area contributed by atoms with E-state index in [1.54, 1.807) is 4.57 Å². The summed E-state index contributed by atoms with van der Waals surface area (Å²) in [5.74, 6) is -0.653. The number of cyclic esters (lactones) is 1. The van der Waals surface area contributed by atoms with Gasteiger partial charge in [-0.15, -0.1) is 0 Å². The number of anilines is 1. The van der Waals surface area contributed by atoms with Crippen molar-refractivity contribution in [2.24, 2.45) is 0 Å². The van der Waals surface area contributed by atoms with Crippen molar-refractivity contribution < 1.29 is 9.53 Å². The number of nitrogen functional groups attached to an aromatic ring is 1. The van der Waals surface area contributed by atoms with Gasteiger partial charge in [0.15, 0.2) is 0 Å². The molecule has 2 aromatic heterocycles. The molecule has 26 heavy (non-hydrogen) atoms. The minimum absolute atomic E-state index is 0.0441. The number of fused-ring (bicyclic) bond motifs is 5. The lowest BCUT2D eigenvalue weighted by molar-refractivity contribution is -0.148. The van der Waals surface area contributed by atoms with Gasteiger partial charge >= 0.3 is 5.97 Å². The van der Waals surface area contributed by atoms with Crippen molar-refractivity contribution in [3.05, 3.63) is 57.4 Å². The number of hydrogen-bond donors (Lipinski definition) is 1. The van der Waals surface area contributed by atoms with Crippen LogP contribution in [0.2, 0.25) is 0 Å². The van der Waals surface area contributed by atoms with Crippen molar-refractivity contribution in [2.45, 2.75) is 32.4 Å². The van der Waals surface area contributed by atoms with E-state index in [1.165, 1.54) is 0 Å². The van der Waals surface area contributed by atoms with Crippen molar-refractivity contribution in [2.75, 3.05) is 5.73 Å². The third-order valence-corrected chi connectivity index (χ3v) is 5.40. The van der Waals surface area contributed by atoms with Crippen LogP contribution >= 0.6 is 0 Å². The smallest absolute Gasteiger partial charge is 0.313 e. The number of nitrogens with two attached hydrogens (primary N) is 1. The largest absolute Gasteiger partial charge is 0.460 e. The Kier molecular flexibility index (Phi) is 3.01. The van der Waals surface area contributed by atoms with Gasteiger partial charge in [-0.25, -0.2) is 4.98 Å². The number of benzene rings is 1. The maximum absolute atomic E-state index is 13.0. The van der Waals surface area contributed by atoms with Crippen LogP contribution in [0.5, 0.6) is 0 Å². The fourth-order valence-electron chi connectivity index (χ4n) is 4.05. The predicted octanol–water partition coefficient (Wildman–Crippen LogP) is 2.56. The molecule has 1 unspecified atom stereocenters. The van der Waals surface area contributed by atoms with Crippen LogP contribution in [-0.2, 0) is 22.7 Å². The maximum atomic E-state index is 13.0. The lowest BCUT2D eigenvalue weighted by Gasteiger charge is -2.24. The average molecular weight is 347 g/mol. The van der Waals surface area contributed by atoms with Gasteiger partial charge in [0.05, 0.1) is 34.9 Å². The van der Waals surface area contributed by atoms with E-state index in [9.17, 15) is 9.59 Å². The van der Waals surface area contributed by atoms with E-state index in [4.69, 9.17) is 15.5 Å². The summed E-state index contributed by atoms with van der Waals surface area (Å²) < 4.78 is 6.94. The van der Waals surface area contributed by atoms with Gasteiger partial charge < -0.3 is 15.0 Å². The van der Waals surface area contributed by atoms with E-state index < -0.39 is 5.92 Å². The molecule has 2 aliphatic rings. The fraction of sp³-hybridized carbons (Fsp3) is 0.250. The highest BCUT2D eigenvalue weighted by Crippen LogP contribution is 2.37. The van der Waals surface area contributed by atoms with Gasteiger partial charge in [-0.2, -0.15) is 0 Å². The van der Waals surface area contributed by atoms with Gasteiger partial charge in [0, 0.05) is 16.6 Å². The van der Waals surface area contributed by atoms with E-state index in [0.29, 0.717) is 24.2 Å². The average Bonchev–Trinajstić information content (AvgIpc) is 2.99. The third-order valence-electron chi connectivity index (χ3n) is 5.40. The van der Waals surface area contributed by atoms with Gasteiger partial charge in [0.25, 0.3) is 5.56 Å². The zero-order valence-electron chi connectivity index (χ0n) is 14.3. The van der Waals surface area contributed by atoms with Crippen LogP contribution in [0.1, 0.15) is 36.0 Å². The molecule has 0 spiro atoms. The fourth-order valence-corrected chi connectivity index (χ4v) is 4.05. The van der Waals surface area contributed by atoms with Crippen LogP contribution in [0, 0.1) is 0 Å². The summed E-state index contributed by atoms with van der Waals surface area (Å²) in [7, 11) is 0. The standard InChI is InChI=1S/C20H17N3O3/c1-2-11-12-7-17-18-10(6-13-15(21)4-3-5-16(13)22-18)8-23(17)19(24)14(12)9-26-20(11)25/h3-7,11H,2,8-9,21H2,1H3. The Morgan fingerprint density at radius 1 is 1.31 bits per heavy atom. The molecule has 5 rings (SSSR count). The highest BCUT2D eigenvalue weighted by atomic mass is 16.5. The number of carbonyl (C=O) groups excluding carboxylic acids is 1. The second-order valence-electron chi connectivity index (χ2n) is 6.83. The Labute approximate surface area is 149 Å². The Bertz CT molecular complexity index is 1160. The van der Waals surface area contributed by atoms with Crippen molar-refractivity contribution in [3.8, 4) is 11.4 Å². The molecule has 2 aliphatic heterocycles. The van der Waals surface area contributed by atoms with Crippen LogP contribution in [0.3, 0.4) is 0 Å². The van der Waals surface area contributed by atoms with E-state index in [-0.39, 0.29) is 18.1 Å². The highest BCUT2D eigenvalue weighted by Gasteiger charge is 2.33. The molecule has 0 bridgehead atoms. The molecular weight excluding hydrogens is 330 g/mol. The molecule has 0 fully saturated rings. The number of nitrogens with zero attached hydrogens (tertiary/aromatic N) is 2. The summed E-state index contributed by atoms with van der Waals surface area (Å²) in [4.78, 5) is 29.9. The first kappa shape index (κ1) is 15.1. The first-order chi connectivity index (χ1) is 12.6. The molecule has 0 amide bonds. The number of pyridine rings is 2. The van der Waals surface area contributed by atoms with Crippen LogP contribution in [0.4, 0.5) is 5.69 Å². The summed E-state index contributed by atoms with van der Waals surface area (Å²) in [5, 5.41) is 0.891. The van der Waals surface area contributed by atoms with Crippen molar-refractivity contribution in [1.29, 1.82) is 0 Å². The van der Waals surface area contributed by atoms with Crippen LogP contribution in [0.15, 0.2) is 35.1 Å². The van der Waals surface area contributed by atoms with Crippen LogP contribution < -0.4 is 11.3 Å². The normalized spacial score (nSPS) is 17.6. The molecule has 130 valence electrons. The number of ether oxygens (including phenoxy) is 1. The number of hydrogen-bond acceptors (Lipinski definition) is 5. The van der Waals surface area contributed by atoms with E-state index >= 15 is 0 Å². The zero-order chi connectivity index (χ0) is 18.0. The molecular formula is C20H17N3O3. The third kappa shape index (κ3) is 1.89. The summed E-state index contributed by atoms with van der Waals surface area (Å²) in [5.41, 5.74) is 11.3. The van der Waals surface area contributed by atoms with Crippen molar-refractivity contribution in [1.82, 2.24) is 9.55 Å². The minimum Gasteiger partial charge on any atom is -0.460 e. The topological polar surface area (TPSA) is 87.2 Å². The SMILES string of the molecule is CCC1C(=O)OCc2c1cc1n(c2=O)Cc2cc3c(N)cccc3nc2-1. The Balaban J connectivity index is 1.79. The molecule has 1 atom stereocenters.